The van der Waals surface area contributed by atoms with Gasteiger partial charge in [0.1, 0.15) is 11.3 Å². The Morgan fingerprint density at radius 3 is 2.59 bits per heavy atom. The van der Waals surface area contributed by atoms with E-state index in [1.165, 1.54) is 4.57 Å². The summed E-state index contributed by atoms with van der Waals surface area (Å²) in [6.07, 6.45) is -0.0470. The van der Waals surface area contributed by atoms with Crippen molar-refractivity contribution in [2.45, 2.75) is 19.4 Å². The summed E-state index contributed by atoms with van der Waals surface area (Å²) in [6, 6.07) is 19.8. The van der Waals surface area contributed by atoms with Crippen LogP contribution in [0.3, 0.4) is 0 Å². The van der Waals surface area contributed by atoms with Gasteiger partial charge in [0.15, 0.2) is 17.3 Å². The average molecular weight is 456 g/mol. The van der Waals surface area contributed by atoms with E-state index in [-0.39, 0.29) is 24.5 Å². The van der Waals surface area contributed by atoms with Crippen molar-refractivity contribution in [3.8, 4) is 17.2 Å². The normalized spacial score (nSPS) is 13.1. The average Bonchev–Trinajstić information content (AvgIpc) is 3.32. The van der Waals surface area contributed by atoms with E-state index in [9.17, 15) is 14.7 Å². The highest BCUT2D eigenvalue weighted by Gasteiger charge is 2.26. The van der Waals surface area contributed by atoms with E-state index in [1.54, 1.807) is 37.4 Å². The first-order valence-electron chi connectivity index (χ1n) is 11.0. The number of ether oxygens (including phenoxy) is 2. The Hall–Kier alpha value is -4.26. The fraction of sp³-hybridized carbons (Fsp3) is 0.185. The summed E-state index contributed by atoms with van der Waals surface area (Å²) in [5, 5.41) is 14.7. The molecule has 34 heavy (non-hydrogen) atoms. The number of fused-ring (bicyclic) bond motifs is 2. The number of rotatable bonds is 6. The third kappa shape index (κ3) is 3.85. The number of benzene rings is 3. The Labute approximate surface area is 196 Å². The summed E-state index contributed by atoms with van der Waals surface area (Å²) < 4.78 is 12.3. The van der Waals surface area contributed by atoms with Gasteiger partial charge in [0.05, 0.1) is 11.6 Å². The van der Waals surface area contributed by atoms with Crippen LogP contribution in [0.5, 0.6) is 17.2 Å². The monoisotopic (exact) mass is 456 g/mol. The molecule has 0 saturated heterocycles. The number of pyridine rings is 1. The second-order valence-corrected chi connectivity index (χ2v) is 8.41. The van der Waals surface area contributed by atoms with Crippen LogP contribution in [0.1, 0.15) is 33.9 Å². The number of nitrogens with zero attached hydrogens (tertiary/aromatic N) is 1. The molecule has 0 amide bonds. The minimum atomic E-state index is -0.527. The zero-order valence-corrected chi connectivity index (χ0v) is 18.9. The molecule has 0 radical (unpaired) electrons. The molecule has 0 saturated carbocycles. The fourth-order valence-corrected chi connectivity index (χ4v) is 4.25. The van der Waals surface area contributed by atoms with E-state index in [0.717, 1.165) is 16.8 Å². The number of anilines is 1. The van der Waals surface area contributed by atoms with E-state index < -0.39 is 17.4 Å². The van der Waals surface area contributed by atoms with Gasteiger partial charge in [-0.25, -0.2) is 0 Å². The van der Waals surface area contributed by atoms with Crippen LogP contribution in [0.15, 0.2) is 71.5 Å². The van der Waals surface area contributed by atoms with Crippen LogP contribution in [0, 0.1) is 6.92 Å². The summed E-state index contributed by atoms with van der Waals surface area (Å²) in [5.41, 5.74) is 2.57. The largest absolute Gasteiger partial charge is 0.506 e. The van der Waals surface area contributed by atoms with Gasteiger partial charge in [0.25, 0.3) is 5.56 Å². The molecule has 3 aromatic carbocycles. The van der Waals surface area contributed by atoms with Gasteiger partial charge in [0.2, 0.25) is 6.79 Å². The minimum absolute atomic E-state index is 0.0470. The Balaban J connectivity index is 1.54. The maximum atomic E-state index is 13.5. The Bertz CT molecular complexity index is 1460. The molecule has 5 rings (SSSR count). The van der Waals surface area contributed by atoms with Gasteiger partial charge in [-0.3, -0.25) is 9.59 Å². The first kappa shape index (κ1) is 21.6. The third-order valence-electron chi connectivity index (χ3n) is 6.14. The molecular formula is C27H24N2O5. The van der Waals surface area contributed by atoms with Crippen molar-refractivity contribution in [2.24, 2.45) is 7.05 Å². The maximum Gasteiger partial charge on any atom is 0.265 e. The van der Waals surface area contributed by atoms with Crippen molar-refractivity contribution in [2.75, 3.05) is 12.1 Å². The summed E-state index contributed by atoms with van der Waals surface area (Å²) in [6.45, 7) is 2.15. The summed E-state index contributed by atoms with van der Waals surface area (Å²) >= 11 is 0. The highest BCUT2D eigenvalue weighted by atomic mass is 16.7. The van der Waals surface area contributed by atoms with Crippen LogP contribution < -0.4 is 20.3 Å². The van der Waals surface area contributed by atoms with Crippen molar-refractivity contribution in [1.82, 2.24) is 4.57 Å². The molecule has 0 spiro atoms. The zero-order chi connectivity index (χ0) is 23.8. The number of aromatic nitrogens is 1. The van der Waals surface area contributed by atoms with Gasteiger partial charge in [0, 0.05) is 24.5 Å². The first-order chi connectivity index (χ1) is 16.4. The molecule has 1 atom stereocenters. The molecule has 2 heterocycles. The number of aromatic hydroxyl groups is 1. The van der Waals surface area contributed by atoms with Crippen molar-refractivity contribution in [3.63, 3.8) is 0 Å². The number of nitrogens with one attached hydrogen (secondary N) is 1. The molecule has 2 N–H and O–H groups in total. The van der Waals surface area contributed by atoms with Gasteiger partial charge in [-0.1, -0.05) is 35.9 Å². The maximum absolute atomic E-state index is 13.5. The smallest absolute Gasteiger partial charge is 0.265 e. The highest BCUT2D eigenvalue weighted by molar-refractivity contribution is 6.03. The molecule has 172 valence electrons. The summed E-state index contributed by atoms with van der Waals surface area (Å²) in [4.78, 5) is 26.5. The summed E-state index contributed by atoms with van der Waals surface area (Å²) in [7, 11) is 1.60. The second-order valence-electron chi connectivity index (χ2n) is 8.41. The zero-order valence-electron chi connectivity index (χ0n) is 18.9. The number of Topliss-reactive ketones (excluding diaryl/α,β-unsaturated/α-hetero) is 1. The molecule has 0 bridgehead atoms. The van der Waals surface area contributed by atoms with Gasteiger partial charge in [-0.15, -0.1) is 0 Å². The number of hydrogen-bond acceptors (Lipinski definition) is 6. The number of aryl methyl sites for hydroxylation is 2. The molecule has 0 aliphatic carbocycles. The molecule has 7 heteroatoms. The molecule has 1 unspecified atom stereocenters. The minimum Gasteiger partial charge on any atom is -0.506 e. The standard InChI is InChI=1S/C27H24N2O5/c1-16-7-10-18(11-8-16)28-20(17-9-12-23-24(13-17)34-15-33-23)14-22(30)25-26(31)19-5-3-4-6-21(19)29(2)27(25)32/h3-13,20,28,31H,14-15H2,1-2H3. The van der Waals surface area contributed by atoms with E-state index in [0.29, 0.717) is 22.4 Å². The SMILES string of the molecule is Cc1ccc(NC(CC(=O)c2c(O)c3ccccc3n(C)c2=O)c2ccc3c(c2)OCO3)cc1. The number of para-hydroxylation sites is 1. The number of carbonyl (C=O) groups excluding carboxylic acids is 1. The second kappa shape index (κ2) is 8.59. The molecule has 1 aliphatic rings. The predicted octanol–water partition coefficient (Wildman–Crippen LogP) is 4.71. The number of carbonyl (C=O) groups is 1. The number of ketones is 1. The van der Waals surface area contributed by atoms with Crippen molar-refractivity contribution in [3.05, 3.63) is 93.8 Å². The van der Waals surface area contributed by atoms with Gasteiger partial charge in [-0.2, -0.15) is 0 Å². The summed E-state index contributed by atoms with van der Waals surface area (Å²) in [5.74, 6) is 0.505. The van der Waals surface area contributed by atoms with Crippen LogP contribution in [0.2, 0.25) is 0 Å². The van der Waals surface area contributed by atoms with E-state index in [1.807, 2.05) is 43.3 Å². The van der Waals surface area contributed by atoms with Gasteiger partial charge < -0.3 is 24.5 Å². The molecule has 1 aliphatic heterocycles. The quantitative estimate of drug-likeness (QED) is 0.409. The lowest BCUT2D eigenvalue weighted by atomic mass is 9.96. The van der Waals surface area contributed by atoms with Gasteiger partial charge in [-0.05, 0) is 48.9 Å². The third-order valence-corrected chi connectivity index (χ3v) is 6.14. The Morgan fingerprint density at radius 2 is 1.79 bits per heavy atom. The Kier molecular flexibility index (Phi) is 5.45. The van der Waals surface area contributed by atoms with E-state index >= 15 is 0 Å². The number of hydrogen-bond donors (Lipinski definition) is 2. The fourth-order valence-electron chi connectivity index (χ4n) is 4.25. The van der Waals surface area contributed by atoms with E-state index in [2.05, 4.69) is 5.32 Å². The van der Waals surface area contributed by atoms with Crippen LogP contribution in [0.25, 0.3) is 10.9 Å². The van der Waals surface area contributed by atoms with E-state index in [4.69, 9.17) is 9.47 Å². The predicted molar refractivity (Wildman–Crippen MR) is 130 cm³/mol. The highest BCUT2D eigenvalue weighted by Crippen LogP contribution is 2.36. The Morgan fingerprint density at radius 1 is 1.06 bits per heavy atom. The lowest BCUT2D eigenvalue weighted by molar-refractivity contribution is 0.0972. The van der Waals surface area contributed by atoms with Gasteiger partial charge >= 0.3 is 0 Å². The first-order valence-corrected chi connectivity index (χ1v) is 11.0. The van der Waals surface area contributed by atoms with Crippen molar-refractivity contribution in [1.29, 1.82) is 0 Å². The molecular weight excluding hydrogens is 432 g/mol. The molecule has 7 nitrogen and oxygen atoms in total. The van der Waals surface area contributed by atoms with Crippen molar-refractivity contribution >= 4 is 22.4 Å². The topological polar surface area (TPSA) is 89.8 Å². The van der Waals surface area contributed by atoms with Crippen LogP contribution >= 0.6 is 0 Å². The molecule has 4 aromatic rings. The van der Waals surface area contributed by atoms with Crippen LogP contribution in [-0.4, -0.2) is 22.2 Å². The molecule has 1 aromatic heterocycles. The van der Waals surface area contributed by atoms with Crippen LogP contribution in [-0.2, 0) is 7.05 Å². The lowest BCUT2D eigenvalue weighted by Gasteiger charge is -2.21. The molecule has 0 fully saturated rings. The van der Waals surface area contributed by atoms with Crippen LogP contribution in [0.4, 0.5) is 5.69 Å². The lowest BCUT2D eigenvalue weighted by Crippen LogP contribution is -2.26. The van der Waals surface area contributed by atoms with Crippen molar-refractivity contribution < 1.29 is 19.4 Å².